The molecular formula is C10H15N5O. The van der Waals surface area contributed by atoms with Crippen LogP contribution in [0.15, 0.2) is 6.07 Å². The molecule has 0 spiro atoms. The highest BCUT2D eigenvalue weighted by atomic mass is 16.2. The minimum atomic E-state index is -0.186. The number of carbonyl (C=O) groups is 1. The number of amides is 1. The lowest BCUT2D eigenvalue weighted by molar-refractivity contribution is 0.0704. The fraction of sp³-hybridized carbons (Fsp3) is 0.500. The number of carbonyl (C=O) groups excluding carboxylic acids is 1. The Bertz CT molecular complexity index is 404. The van der Waals surface area contributed by atoms with Gasteiger partial charge in [-0.1, -0.05) is 0 Å². The highest BCUT2D eigenvalue weighted by Gasteiger charge is 2.19. The lowest BCUT2D eigenvalue weighted by atomic mass is 10.2. The second-order valence-corrected chi connectivity index (χ2v) is 3.71. The number of anilines is 1. The predicted molar refractivity (Wildman–Crippen MR) is 59.4 cm³/mol. The molecule has 0 unspecified atom stereocenters. The smallest absolute Gasteiger partial charge is 0.272 e. The van der Waals surface area contributed by atoms with E-state index in [1.165, 1.54) is 6.07 Å². The summed E-state index contributed by atoms with van der Waals surface area (Å²) in [7, 11) is 0. The van der Waals surface area contributed by atoms with Gasteiger partial charge in [0.1, 0.15) is 11.5 Å². The highest BCUT2D eigenvalue weighted by Crippen LogP contribution is 2.09. The first-order valence-corrected chi connectivity index (χ1v) is 5.05. The van der Waals surface area contributed by atoms with Crippen molar-refractivity contribution in [1.82, 2.24) is 15.1 Å². The molecule has 1 amide bonds. The van der Waals surface area contributed by atoms with Crippen molar-refractivity contribution in [3.8, 4) is 6.07 Å². The maximum Gasteiger partial charge on any atom is 0.272 e. The van der Waals surface area contributed by atoms with E-state index in [0.717, 1.165) is 0 Å². The van der Waals surface area contributed by atoms with E-state index in [4.69, 9.17) is 11.0 Å². The number of nitrogens with two attached hydrogens (primary N) is 1. The van der Waals surface area contributed by atoms with Crippen molar-refractivity contribution in [2.45, 2.75) is 26.3 Å². The normalized spacial score (nSPS) is 10.1. The summed E-state index contributed by atoms with van der Waals surface area (Å²) >= 11 is 0. The number of nitrogens with one attached hydrogen (secondary N) is 1. The number of rotatable bonds is 4. The van der Waals surface area contributed by atoms with Gasteiger partial charge in [0.05, 0.1) is 12.5 Å². The average Bonchev–Trinajstić information content (AvgIpc) is 2.64. The minimum Gasteiger partial charge on any atom is -0.382 e. The Morgan fingerprint density at radius 3 is 2.88 bits per heavy atom. The molecule has 0 fully saturated rings. The van der Waals surface area contributed by atoms with Gasteiger partial charge < -0.3 is 10.6 Å². The lowest BCUT2D eigenvalue weighted by Gasteiger charge is -2.24. The molecule has 86 valence electrons. The van der Waals surface area contributed by atoms with Crippen LogP contribution < -0.4 is 5.73 Å². The van der Waals surface area contributed by atoms with E-state index in [9.17, 15) is 4.79 Å². The molecule has 0 bridgehead atoms. The Morgan fingerprint density at radius 1 is 1.75 bits per heavy atom. The topological polar surface area (TPSA) is 98.8 Å². The Morgan fingerprint density at radius 2 is 2.44 bits per heavy atom. The molecule has 0 aliphatic rings. The molecule has 0 saturated carbocycles. The van der Waals surface area contributed by atoms with Crippen molar-refractivity contribution in [3.05, 3.63) is 11.8 Å². The number of aromatic nitrogens is 2. The number of nitrogens with zero attached hydrogens (tertiary/aromatic N) is 3. The zero-order valence-corrected chi connectivity index (χ0v) is 9.40. The van der Waals surface area contributed by atoms with E-state index in [1.54, 1.807) is 4.90 Å². The van der Waals surface area contributed by atoms with Gasteiger partial charge in [0.25, 0.3) is 5.91 Å². The van der Waals surface area contributed by atoms with Gasteiger partial charge in [0.15, 0.2) is 0 Å². The van der Waals surface area contributed by atoms with Crippen LogP contribution in [0.5, 0.6) is 0 Å². The van der Waals surface area contributed by atoms with Crippen molar-refractivity contribution < 1.29 is 4.79 Å². The number of hydrogen-bond acceptors (Lipinski definition) is 4. The van der Waals surface area contributed by atoms with Crippen molar-refractivity contribution >= 4 is 11.7 Å². The van der Waals surface area contributed by atoms with Gasteiger partial charge in [-0.3, -0.25) is 9.89 Å². The van der Waals surface area contributed by atoms with E-state index >= 15 is 0 Å². The second kappa shape index (κ2) is 5.16. The molecule has 0 atom stereocenters. The van der Waals surface area contributed by atoms with Crippen LogP contribution >= 0.6 is 0 Å². The van der Waals surface area contributed by atoms with Gasteiger partial charge in [-0.15, -0.1) is 0 Å². The molecule has 3 N–H and O–H groups in total. The summed E-state index contributed by atoms with van der Waals surface area (Å²) < 4.78 is 0. The Kier molecular flexibility index (Phi) is 3.89. The molecule has 1 aromatic heterocycles. The Hall–Kier alpha value is -2.03. The van der Waals surface area contributed by atoms with Crippen LogP contribution in [0.1, 0.15) is 30.8 Å². The van der Waals surface area contributed by atoms with Crippen LogP contribution in [0.4, 0.5) is 5.82 Å². The van der Waals surface area contributed by atoms with Crippen molar-refractivity contribution in [2.24, 2.45) is 0 Å². The van der Waals surface area contributed by atoms with E-state index in [-0.39, 0.29) is 17.8 Å². The third-order valence-corrected chi connectivity index (χ3v) is 2.18. The first-order chi connectivity index (χ1) is 7.56. The molecule has 0 radical (unpaired) electrons. The molecule has 6 nitrogen and oxygen atoms in total. The van der Waals surface area contributed by atoms with Gasteiger partial charge >= 0.3 is 0 Å². The zero-order valence-electron chi connectivity index (χ0n) is 9.40. The standard InChI is InChI=1S/C10H15N5O/c1-7(2)15(5-3-4-11)10(16)8-6-9(12)14-13-8/h6-7H,3,5H2,1-2H3,(H3,12,13,14). The molecule has 1 rings (SSSR count). The van der Waals surface area contributed by atoms with Crippen molar-refractivity contribution in [3.63, 3.8) is 0 Å². The summed E-state index contributed by atoms with van der Waals surface area (Å²) in [6.07, 6.45) is 0.313. The fourth-order valence-electron chi connectivity index (χ4n) is 1.37. The average molecular weight is 221 g/mol. The Labute approximate surface area is 94.0 Å². The SMILES string of the molecule is CC(C)N(CCC#N)C(=O)c1cc(N)n[nH]1. The van der Waals surface area contributed by atoms with Crippen LogP contribution in [0, 0.1) is 11.3 Å². The molecule has 0 aliphatic carbocycles. The quantitative estimate of drug-likeness (QED) is 0.783. The predicted octanol–water partition coefficient (Wildman–Crippen LogP) is 0.756. The number of H-pyrrole nitrogens is 1. The molecule has 1 aromatic rings. The molecular weight excluding hydrogens is 206 g/mol. The molecule has 1 heterocycles. The summed E-state index contributed by atoms with van der Waals surface area (Å²) in [6.45, 7) is 4.20. The van der Waals surface area contributed by atoms with Gasteiger partial charge in [0.2, 0.25) is 0 Å². The monoisotopic (exact) mass is 221 g/mol. The minimum absolute atomic E-state index is 0.0328. The number of nitrogen functional groups attached to an aromatic ring is 1. The third-order valence-electron chi connectivity index (χ3n) is 2.18. The summed E-state index contributed by atoms with van der Waals surface area (Å²) in [5.41, 5.74) is 5.78. The van der Waals surface area contributed by atoms with E-state index in [0.29, 0.717) is 18.7 Å². The summed E-state index contributed by atoms with van der Waals surface area (Å²) in [5, 5.41) is 14.8. The van der Waals surface area contributed by atoms with E-state index < -0.39 is 0 Å². The first-order valence-electron chi connectivity index (χ1n) is 5.05. The summed E-state index contributed by atoms with van der Waals surface area (Å²) in [5.74, 6) is 0.0989. The molecule has 6 heteroatoms. The zero-order chi connectivity index (χ0) is 12.1. The molecule has 0 saturated heterocycles. The van der Waals surface area contributed by atoms with Crippen molar-refractivity contribution in [2.75, 3.05) is 12.3 Å². The highest BCUT2D eigenvalue weighted by molar-refractivity contribution is 5.93. The third kappa shape index (κ3) is 2.73. The van der Waals surface area contributed by atoms with Gasteiger partial charge in [-0.25, -0.2) is 0 Å². The molecule has 16 heavy (non-hydrogen) atoms. The van der Waals surface area contributed by atoms with Crippen molar-refractivity contribution in [1.29, 1.82) is 5.26 Å². The second-order valence-electron chi connectivity index (χ2n) is 3.71. The van der Waals surface area contributed by atoms with Gasteiger partial charge in [0, 0.05) is 18.7 Å². The van der Waals surface area contributed by atoms with Crippen LogP contribution in [0.3, 0.4) is 0 Å². The van der Waals surface area contributed by atoms with Crippen LogP contribution in [0.25, 0.3) is 0 Å². The van der Waals surface area contributed by atoms with E-state index in [2.05, 4.69) is 10.2 Å². The summed E-state index contributed by atoms with van der Waals surface area (Å²) in [6, 6.07) is 3.54. The number of nitriles is 1. The maximum absolute atomic E-state index is 12.0. The van der Waals surface area contributed by atoms with Crippen LogP contribution in [0.2, 0.25) is 0 Å². The van der Waals surface area contributed by atoms with Crippen LogP contribution in [-0.4, -0.2) is 33.6 Å². The fourth-order valence-corrected chi connectivity index (χ4v) is 1.37. The largest absolute Gasteiger partial charge is 0.382 e. The molecule has 0 aromatic carbocycles. The number of aromatic amines is 1. The first kappa shape index (κ1) is 12.0. The summed E-state index contributed by atoms with van der Waals surface area (Å²) in [4.78, 5) is 13.6. The maximum atomic E-state index is 12.0. The van der Waals surface area contributed by atoms with Gasteiger partial charge in [-0.05, 0) is 13.8 Å². The number of hydrogen-bond donors (Lipinski definition) is 2. The van der Waals surface area contributed by atoms with Gasteiger partial charge in [-0.2, -0.15) is 10.4 Å². The van der Waals surface area contributed by atoms with Crippen LogP contribution in [-0.2, 0) is 0 Å². The Balaban J connectivity index is 2.79. The lowest BCUT2D eigenvalue weighted by Crippen LogP contribution is -2.37. The van der Waals surface area contributed by atoms with E-state index in [1.807, 2.05) is 19.9 Å². The molecule has 0 aliphatic heterocycles.